The molecule has 0 atom stereocenters. The minimum absolute atomic E-state index is 0.0706. The molecule has 3 rings (SSSR count). The van der Waals surface area contributed by atoms with Gasteiger partial charge in [0.15, 0.2) is 17.5 Å². The van der Waals surface area contributed by atoms with E-state index in [9.17, 15) is 34.8 Å². The zero-order chi connectivity index (χ0) is 20.7. The van der Waals surface area contributed by atoms with Crippen LogP contribution in [0, 0.1) is 17.5 Å². The summed E-state index contributed by atoms with van der Waals surface area (Å²) in [5.41, 5.74) is -0.0615. The van der Waals surface area contributed by atoms with Crippen LogP contribution in [0.1, 0.15) is 5.89 Å². The number of alkyl halides is 3. The van der Waals surface area contributed by atoms with Crippen molar-refractivity contribution in [3.05, 3.63) is 59.7 Å². The Morgan fingerprint density at radius 1 is 0.929 bits per heavy atom. The van der Waals surface area contributed by atoms with Crippen LogP contribution in [0.4, 0.5) is 32.0 Å². The first-order valence-electron chi connectivity index (χ1n) is 7.17. The zero-order valence-corrected chi connectivity index (χ0v) is 14.1. The highest BCUT2D eigenvalue weighted by Crippen LogP contribution is 2.30. The number of benzene rings is 2. The molecule has 0 bridgehead atoms. The lowest BCUT2D eigenvalue weighted by Crippen LogP contribution is -2.15. The smallest absolute Gasteiger partial charge is 0.329 e. The van der Waals surface area contributed by atoms with Gasteiger partial charge in [0.05, 0.1) is 0 Å². The third-order valence-corrected chi connectivity index (χ3v) is 4.75. The van der Waals surface area contributed by atoms with E-state index in [1.54, 1.807) is 0 Å². The predicted octanol–water partition coefficient (Wildman–Crippen LogP) is 3.97. The van der Waals surface area contributed by atoms with Crippen molar-refractivity contribution in [2.24, 2.45) is 0 Å². The van der Waals surface area contributed by atoms with E-state index >= 15 is 0 Å². The standard InChI is InChI=1S/C15H7F6N3O3S/c16-9-5-6-10(12(18)11(9)17)28(25,26)24-8-3-1-7(2-4-8)13-22-14(27-23-13)15(19,20)21/h1-6,24H. The van der Waals surface area contributed by atoms with Gasteiger partial charge in [-0.3, -0.25) is 4.72 Å². The molecule has 28 heavy (non-hydrogen) atoms. The van der Waals surface area contributed by atoms with Crippen LogP contribution >= 0.6 is 0 Å². The molecule has 0 aliphatic carbocycles. The molecule has 0 radical (unpaired) electrons. The molecule has 148 valence electrons. The lowest BCUT2D eigenvalue weighted by molar-refractivity contribution is -0.159. The van der Waals surface area contributed by atoms with E-state index in [0.29, 0.717) is 12.1 Å². The fourth-order valence-corrected chi connectivity index (χ4v) is 3.20. The van der Waals surface area contributed by atoms with Gasteiger partial charge in [-0.05, 0) is 36.4 Å². The third kappa shape index (κ3) is 3.78. The molecule has 2 aromatic carbocycles. The average molecular weight is 423 g/mol. The number of aromatic nitrogens is 2. The summed E-state index contributed by atoms with van der Waals surface area (Å²) in [5.74, 6) is -7.35. The number of rotatable bonds is 4. The second kappa shape index (κ2) is 6.82. The van der Waals surface area contributed by atoms with Crippen molar-refractivity contribution < 1.29 is 39.3 Å². The van der Waals surface area contributed by atoms with Gasteiger partial charge in [0.25, 0.3) is 10.0 Å². The van der Waals surface area contributed by atoms with Crippen LogP contribution in [-0.2, 0) is 16.2 Å². The van der Waals surface area contributed by atoms with Crippen molar-refractivity contribution in [2.45, 2.75) is 11.1 Å². The molecule has 0 aliphatic rings. The highest BCUT2D eigenvalue weighted by atomic mass is 32.2. The van der Waals surface area contributed by atoms with Gasteiger partial charge in [0, 0.05) is 11.3 Å². The van der Waals surface area contributed by atoms with Gasteiger partial charge in [-0.15, -0.1) is 0 Å². The van der Waals surface area contributed by atoms with Crippen LogP contribution in [0.5, 0.6) is 0 Å². The highest BCUT2D eigenvalue weighted by molar-refractivity contribution is 7.92. The number of nitrogens with zero attached hydrogens (tertiary/aromatic N) is 2. The molecule has 0 fully saturated rings. The molecule has 13 heteroatoms. The maximum Gasteiger partial charge on any atom is 0.471 e. The average Bonchev–Trinajstić information content (AvgIpc) is 3.10. The van der Waals surface area contributed by atoms with Crippen molar-refractivity contribution in [3.8, 4) is 11.4 Å². The summed E-state index contributed by atoms with van der Waals surface area (Å²) in [7, 11) is -4.61. The summed E-state index contributed by atoms with van der Waals surface area (Å²) in [4.78, 5) is 2.04. The molecular weight excluding hydrogens is 416 g/mol. The Labute approximate surface area is 152 Å². The maximum absolute atomic E-state index is 13.7. The molecule has 3 aromatic rings. The van der Waals surface area contributed by atoms with Crippen molar-refractivity contribution in [1.29, 1.82) is 0 Å². The molecule has 1 aromatic heterocycles. The van der Waals surface area contributed by atoms with Gasteiger partial charge in [-0.25, -0.2) is 21.6 Å². The Morgan fingerprint density at radius 2 is 1.57 bits per heavy atom. The highest BCUT2D eigenvalue weighted by Gasteiger charge is 2.38. The first-order chi connectivity index (χ1) is 13.0. The number of hydrogen-bond acceptors (Lipinski definition) is 5. The van der Waals surface area contributed by atoms with Gasteiger partial charge >= 0.3 is 12.1 Å². The zero-order valence-electron chi connectivity index (χ0n) is 13.3. The molecule has 6 nitrogen and oxygen atoms in total. The summed E-state index contributed by atoms with van der Waals surface area (Å²) in [6.45, 7) is 0. The van der Waals surface area contributed by atoms with E-state index in [2.05, 4.69) is 14.7 Å². The van der Waals surface area contributed by atoms with Crippen molar-refractivity contribution in [1.82, 2.24) is 10.1 Å². The summed E-state index contributed by atoms with van der Waals surface area (Å²) >= 11 is 0. The Kier molecular flexibility index (Phi) is 4.79. The maximum atomic E-state index is 13.7. The van der Waals surface area contributed by atoms with Crippen LogP contribution < -0.4 is 4.72 Å². The normalized spacial score (nSPS) is 12.2. The topological polar surface area (TPSA) is 85.1 Å². The first-order valence-corrected chi connectivity index (χ1v) is 8.65. The van der Waals surface area contributed by atoms with Crippen LogP contribution in [-0.4, -0.2) is 18.6 Å². The summed E-state index contributed by atoms with van der Waals surface area (Å²) in [6, 6.07) is 5.57. The first kappa shape index (κ1) is 19.7. The summed E-state index contributed by atoms with van der Waals surface area (Å²) < 4.78 is 108. The summed E-state index contributed by atoms with van der Waals surface area (Å²) in [6.07, 6.45) is -4.82. The monoisotopic (exact) mass is 423 g/mol. The van der Waals surface area contributed by atoms with E-state index in [0.717, 1.165) is 12.1 Å². The SMILES string of the molecule is O=S(=O)(Nc1ccc(-c2noc(C(F)(F)F)n2)cc1)c1ccc(F)c(F)c1F. The van der Waals surface area contributed by atoms with Gasteiger partial charge < -0.3 is 4.52 Å². The molecule has 0 spiro atoms. The second-order valence-electron chi connectivity index (χ2n) is 5.28. The molecule has 0 saturated heterocycles. The molecule has 0 unspecified atom stereocenters. The number of anilines is 1. The fourth-order valence-electron chi connectivity index (χ4n) is 2.07. The van der Waals surface area contributed by atoms with Crippen LogP contribution in [0.3, 0.4) is 0 Å². The quantitative estimate of drug-likeness (QED) is 0.507. The van der Waals surface area contributed by atoms with Gasteiger partial charge in [0.2, 0.25) is 5.82 Å². The molecule has 0 amide bonds. The van der Waals surface area contributed by atoms with E-state index in [4.69, 9.17) is 0 Å². The fraction of sp³-hybridized carbons (Fsp3) is 0.0667. The third-order valence-electron chi connectivity index (χ3n) is 3.35. The van der Waals surface area contributed by atoms with E-state index < -0.39 is 50.3 Å². The Bertz CT molecular complexity index is 1130. The van der Waals surface area contributed by atoms with Gasteiger partial charge in [-0.1, -0.05) is 5.16 Å². The molecule has 1 N–H and O–H groups in total. The molecule has 0 aliphatic heterocycles. The molecule has 1 heterocycles. The number of hydrogen-bond donors (Lipinski definition) is 1. The van der Waals surface area contributed by atoms with Gasteiger partial charge in [0.1, 0.15) is 4.90 Å². The van der Waals surface area contributed by atoms with E-state index in [1.807, 2.05) is 4.72 Å². The predicted molar refractivity (Wildman–Crippen MR) is 81.9 cm³/mol. The van der Waals surface area contributed by atoms with E-state index in [1.165, 1.54) is 12.1 Å². The second-order valence-corrected chi connectivity index (χ2v) is 6.93. The number of sulfonamides is 1. The molecular formula is C15H7F6N3O3S. The molecule has 0 saturated carbocycles. The Morgan fingerprint density at radius 3 is 2.14 bits per heavy atom. The minimum atomic E-state index is -4.82. The van der Waals surface area contributed by atoms with E-state index in [-0.39, 0.29) is 11.3 Å². The summed E-state index contributed by atoms with van der Waals surface area (Å²) in [5, 5.41) is 3.16. The van der Waals surface area contributed by atoms with Crippen molar-refractivity contribution >= 4 is 15.7 Å². The Balaban J connectivity index is 1.84. The minimum Gasteiger partial charge on any atom is -0.329 e. The van der Waals surface area contributed by atoms with Crippen molar-refractivity contribution in [3.63, 3.8) is 0 Å². The van der Waals surface area contributed by atoms with Crippen LogP contribution in [0.2, 0.25) is 0 Å². The van der Waals surface area contributed by atoms with Gasteiger partial charge in [-0.2, -0.15) is 18.2 Å². The largest absolute Gasteiger partial charge is 0.471 e. The van der Waals surface area contributed by atoms with Crippen LogP contribution in [0.15, 0.2) is 45.8 Å². The number of halogens is 6. The lowest BCUT2D eigenvalue weighted by atomic mass is 10.2. The van der Waals surface area contributed by atoms with Crippen LogP contribution in [0.25, 0.3) is 11.4 Å². The van der Waals surface area contributed by atoms with Crippen molar-refractivity contribution in [2.75, 3.05) is 4.72 Å². The Hall–Kier alpha value is -3.09. The number of nitrogens with one attached hydrogen (secondary N) is 1. The lowest BCUT2D eigenvalue weighted by Gasteiger charge is -2.09.